The minimum atomic E-state index is -0.429. The van der Waals surface area contributed by atoms with Crippen LogP contribution in [0.1, 0.15) is 20.8 Å². The van der Waals surface area contributed by atoms with Crippen molar-refractivity contribution in [2.24, 2.45) is 5.41 Å². The molecule has 0 aromatic heterocycles. The van der Waals surface area contributed by atoms with Gasteiger partial charge in [0.25, 0.3) is 0 Å². The van der Waals surface area contributed by atoms with Crippen LogP contribution < -0.4 is 0 Å². The first-order valence-corrected chi connectivity index (χ1v) is 4.62. The first-order valence-electron chi connectivity index (χ1n) is 4.62. The topological polar surface area (TPSA) is 40.6 Å². The minimum absolute atomic E-state index is 0.0206. The number of likely N-dealkylation sites (N-methyl/N-ethyl adjacent to an activating group) is 2. The summed E-state index contributed by atoms with van der Waals surface area (Å²) >= 11 is 0. The van der Waals surface area contributed by atoms with Crippen LogP contribution in [0.25, 0.3) is 0 Å². The summed E-state index contributed by atoms with van der Waals surface area (Å²) in [6, 6.07) is 0. The second-order valence-electron chi connectivity index (χ2n) is 4.70. The number of hydrogen-bond donors (Lipinski definition) is 0. The maximum Gasteiger partial charge on any atom is 0.241 e. The lowest BCUT2D eigenvalue weighted by atomic mass is 9.95. The average molecular weight is 200 g/mol. The first kappa shape index (κ1) is 12.9. The molecule has 0 aliphatic rings. The number of rotatable bonds is 2. The van der Waals surface area contributed by atoms with Crippen molar-refractivity contribution in [3.05, 3.63) is 0 Å². The predicted molar refractivity (Wildman–Crippen MR) is 55.8 cm³/mol. The van der Waals surface area contributed by atoms with Crippen LogP contribution in [0.15, 0.2) is 0 Å². The number of amides is 2. The van der Waals surface area contributed by atoms with Crippen LogP contribution in [0.4, 0.5) is 0 Å². The van der Waals surface area contributed by atoms with Crippen molar-refractivity contribution in [1.29, 1.82) is 0 Å². The van der Waals surface area contributed by atoms with Gasteiger partial charge in [0.1, 0.15) is 0 Å². The predicted octanol–water partition coefficient (Wildman–Crippen LogP) is 0.579. The second kappa shape index (κ2) is 4.44. The van der Waals surface area contributed by atoms with Gasteiger partial charge in [-0.3, -0.25) is 9.59 Å². The Labute approximate surface area is 85.9 Å². The molecule has 82 valence electrons. The number of nitrogens with zero attached hydrogens (tertiary/aromatic N) is 2. The van der Waals surface area contributed by atoms with Crippen LogP contribution in [-0.2, 0) is 9.59 Å². The molecule has 0 radical (unpaired) electrons. The van der Waals surface area contributed by atoms with Gasteiger partial charge in [-0.2, -0.15) is 0 Å². The zero-order chi connectivity index (χ0) is 11.5. The molecule has 0 bridgehead atoms. The lowest BCUT2D eigenvalue weighted by molar-refractivity contribution is -0.143. The molecule has 4 heteroatoms. The lowest BCUT2D eigenvalue weighted by Gasteiger charge is -2.26. The molecular weight excluding hydrogens is 180 g/mol. The molecule has 2 amide bonds. The largest absolute Gasteiger partial charge is 0.347 e. The molecule has 0 unspecified atom stereocenters. The van der Waals surface area contributed by atoms with Crippen molar-refractivity contribution in [3.8, 4) is 0 Å². The van der Waals surface area contributed by atoms with Gasteiger partial charge >= 0.3 is 0 Å². The van der Waals surface area contributed by atoms with E-state index in [1.165, 1.54) is 9.80 Å². The summed E-state index contributed by atoms with van der Waals surface area (Å²) in [5.41, 5.74) is -0.429. The molecule has 0 heterocycles. The molecule has 0 saturated carbocycles. The molecule has 0 aromatic rings. The van der Waals surface area contributed by atoms with E-state index in [9.17, 15) is 9.59 Å². The van der Waals surface area contributed by atoms with E-state index >= 15 is 0 Å². The van der Waals surface area contributed by atoms with Gasteiger partial charge in [-0.05, 0) is 0 Å². The maximum absolute atomic E-state index is 11.7. The fourth-order valence-corrected chi connectivity index (χ4v) is 0.989. The molecule has 14 heavy (non-hydrogen) atoms. The molecular formula is C10H20N2O2. The molecule has 0 aromatic carbocycles. The molecule has 0 saturated heterocycles. The summed E-state index contributed by atoms with van der Waals surface area (Å²) in [5, 5.41) is 0. The van der Waals surface area contributed by atoms with Gasteiger partial charge in [0.2, 0.25) is 11.8 Å². The molecule has 0 atom stereocenters. The summed E-state index contributed by atoms with van der Waals surface area (Å²) in [4.78, 5) is 25.9. The summed E-state index contributed by atoms with van der Waals surface area (Å²) in [5.74, 6) is -0.0854. The number of carbonyl (C=O) groups is 2. The van der Waals surface area contributed by atoms with E-state index in [2.05, 4.69) is 0 Å². The summed E-state index contributed by atoms with van der Waals surface area (Å²) in [6.45, 7) is 5.66. The molecule has 0 spiro atoms. The Morgan fingerprint density at radius 1 is 1.07 bits per heavy atom. The van der Waals surface area contributed by atoms with Gasteiger partial charge < -0.3 is 9.80 Å². The Kier molecular flexibility index (Phi) is 4.10. The normalized spacial score (nSPS) is 11.0. The molecule has 0 fully saturated rings. The van der Waals surface area contributed by atoms with E-state index in [0.29, 0.717) is 0 Å². The summed E-state index contributed by atoms with van der Waals surface area (Å²) in [6.07, 6.45) is 0. The fraction of sp³-hybridized carbons (Fsp3) is 0.800. The highest BCUT2D eigenvalue weighted by Gasteiger charge is 2.26. The van der Waals surface area contributed by atoms with Crippen molar-refractivity contribution in [2.45, 2.75) is 20.8 Å². The Hall–Kier alpha value is -1.06. The monoisotopic (exact) mass is 200 g/mol. The molecule has 0 aliphatic heterocycles. The van der Waals surface area contributed by atoms with E-state index in [-0.39, 0.29) is 18.4 Å². The second-order valence-corrected chi connectivity index (χ2v) is 4.70. The number of hydrogen-bond acceptors (Lipinski definition) is 2. The Balaban J connectivity index is 4.30. The van der Waals surface area contributed by atoms with E-state index in [0.717, 1.165) is 0 Å². The highest BCUT2D eigenvalue weighted by molar-refractivity contribution is 5.86. The Bertz CT molecular complexity index is 229. The van der Waals surface area contributed by atoms with Crippen LogP contribution in [0.3, 0.4) is 0 Å². The van der Waals surface area contributed by atoms with Crippen LogP contribution >= 0.6 is 0 Å². The van der Waals surface area contributed by atoms with Crippen LogP contribution in [-0.4, -0.2) is 49.3 Å². The van der Waals surface area contributed by atoms with E-state index in [1.54, 1.807) is 21.1 Å². The van der Waals surface area contributed by atoms with Gasteiger partial charge in [-0.1, -0.05) is 20.8 Å². The van der Waals surface area contributed by atoms with Crippen LogP contribution in [0.5, 0.6) is 0 Å². The first-order chi connectivity index (χ1) is 6.16. The van der Waals surface area contributed by atoms with E-state index < -0.39 is 5.41 Å². The summed E-state index contributed by atoms with van der Waals surface area (Å²) in [7, 11) is 5.00. The van der Waals surface area contributed by atoms with E-state index in [1.807, 2.05) is 20.8 Å². The van der Waals surface area contributed by atoms with Crippen molar-refractivity contribution in [2.75, 3.05) is 27.7 Å². The zero-order valence-electron chi connectivity index (χ0n) is 9.92. The van der Waals surface area contributed by atoms with Crippen LogP contribution in [0, 0.1) is 5.41 Å². The van der Waals surface area contributed by atoms with Crippen molar-refractivity contribution >= 4 is 11.8 Å². The zero-order valence-corrected chi connectivity index (χ0v) is 9.92. The highest BCUT2D eigenvalue weighted by atomic mass is 16.2. The summed E-state index contributed by atoms with van der Waals surface area (Å²) < 4.78 is 0. The Morgan fingerprint density at radius 2 is 1.50 bits per heavy atom. The van der Waals surface area contributed by atoms with Gasteiger partial charge in [0.05, 0.1) is 6.54 Å². The Morgan fingerprint density at radius 3 is 1.79 bits per heavy atom. The molecule has 0 rings (SSSR count). The molecule has 0 N–H and O–H groups in total. The quantitative estimate of drug-likeness (QED) is 0.654. The number of carbonyl (C=O) groups excluding carboxylic acids is 2. The van der Waals surface area contributed by atoms with Crippen molar-refractivity contribution in [1.82, 2.24) is 9.80 Å². The average Bonchev–Trinajstić information content (AvgIpc) is 2.00. The minimum Gasteiger partial charge on any atom is -0.347 e. The third kappa shape index (κ3) is 3.77. The molecule has 0 aliphatic carbocycles. The standard InChI is InChI=1S/C10H20N2O2/c1-10(2,3)9(14)12(6)7-8(13)11(4)5/h7H2,1-6H3. The van der Waals surface area contributed by atoms with Gasteiger partial charge in [-0.15, -0.1) is 0 Å². The SMILES string of the molecule is CN(C)C(=O)CN(C)C(=O)C(C)(C)C. The van der Waals surface area contributed by atoms with Crippen molar-refractivity contribution in [3.63, 3.8) is 0 Å². The third-order valence-electron chi connectivity index (χ3n) is 1.86. The smallest absolute Gasteiger partial charge is 0.241 e. The van der Waals surface area contributed by atoms with E-state index in [4.69, 9.17) is 0 Å². The lowest BCUT2D eigenvalue weighted by Crippen LogP contribution is -2.42. The highest BCUT2D eigenvalue weighted by Crippen LogP contribution is 2.16. The van der Waals surface area contributed by atoms with Gasteiger partial charge in [0.15, 0.2) is 0 Å². The van der Waals surface area contributed by atoms with Crippen molar-refractivity contribution < 1.29 is 9.59 Å². The fourth-order valence-electron chi connectivity index (χ4n) is 0.989. The van der Waals surface area contributed by atoms with Gasteiger partial charge in [0, 0.05) is 26.6 Å². The van der Waals surface area contributed by atoms with Crippen LogP contribution in [0.2, 0.25) is 0 Å². The van der Waals surface area contributed by atoms with Gasteiger partial charge in [-0.25, -0.2) is 0 Å². The third-order valence-corrected chi connectivity index (χ3v) is 1.86. The molecule has 4 nitrogen and oxygen atoms in total. The maximum atomic E-state index is 11.7.